The summed E-state index contributed by atoms with van der Waals surface area (Å²) in [5.74, 6) is 0.329. The number of rotatable bonds is 8. The van der Waals surface area contributed by atoms with Gasteiger partial charge in [-0.2, -0.15) is 9.47 Å². The SMILES string of the molecule is Cc1ccc(C#N)cc1-c1cc(C)c2nc(Nc3ccc(S(C)(=O)(O)NCCN4CCCC4)cc3)nnc2c1. The summed E-state index contributed by atoms with van der Waals surface area (Å²) in [7, 11) is -4.17. The van der Waals surface area contributed by atoms with Crippen molar-refractivity contribution in [2.24, 2.45) is 0 Å². The van der Waals surface area contributed by atoms with Crippen LogP contribution < -0.4 is 10.0 Å². The highest BCUT2D eigenvalue weighted by molar-refractivity contribution is 8.12. The molecule has 0 saturated carbocycles. The Hall–Kier alpha value is -3.75. The molecule has 0 aliphatic carbocycles. The van der Waals surface area contributed by atoms with Gasteiger partial charge in [-0.15, -0.1) is 19.7 Å². The summed E-state index contributed by atoms with van der Waals surface area (Å²) in [5.41, 5.74) is 6.59. The maximum absolute atomic E-state index is 13.4. The summed E-state index contributed by atoms with van der Waals surface area (Å²) < 4.78 is 27.2. The van der Waals surface area contributed by atoms with Gasteiger partial charge in [0, 0.05) is 25.0 Å². The number of likely N-dealkylation sites (tertiary alicyclic amines) is 1. The monoisotopic (exact) mass is 543 g/mol. The second-order valence-electron chi connectivity index (χ2n) is 10.3. The average Bonchev–Trinajstić information content (AvgIpc) is 3.43. The van der Waals surface area contributed by atoms with E-state index in [1.807, 2.05) is 44.2 Å². The third-order valence-electron chi connectivity index (χ3n) is 7.16. The van der Waals surface area contributed by atoms with Crippen LogP contribution in [0.1, 0.15) is 29.5 Å². The standard InChI is InChI=1S/C29H33N7O2S/c1-20-6-7-22(19-30)17-26(20)23-16-21(2)28-27(18-23)34-35-29(33-28)32-24-8-10-25(11-9-24)39(3,37,38)31-12-15-36-13-4-5-14-36/h6-11,16-18H,4-5,12-15H2,1-3H3,(H2,31,37,38)(H,32,33,35). The van der Waals surface area contributed by atoms with Gasteiger partial charge in [0.1, 0.15) is 5.52 Å². The lowest BCUT2D eigenvalue weighted by atomic mass is 9.96. The van der Waals surface area contributed by atoms with Crippen LogP contribution in [0.25, 0.3) is 22.2 Å². The normalized spacial score (nSPS) is 15.1. The van der Waals surface area contributed by atoms with Crippen molar-refractivity contribution in [1.82, 2.24) is 24.8 Å². The quantitative estimate of drug-likeness (QED) is 0.289. The van der Waals surface area contributed by atoms with Gasteiger partial charge in [-0.3, -0.25) is 4.55 Å². The van der Waals surface area contributed by atoms with Gasteiger partial charge in [-0.1, -0.05) is 6.07 Å². The van der Waals surface area contributed by atoms with E-state index in [4.69, 9.17) is 0 Å². The van der Waals surface area contributed by atoms with Gasteiger partial charge in [0.05, 0.1) is 22.0 Å². The van der Waals surface area contributed by atoms with Crippen LogP contribution in [0.3, 0.4) is 0 Å². The van der Waals surface area contributed by atoms with Gasteiger partial charge in [-0.05, 0) is 111 Å². The topological polar surface area (TPSA) is 127 Å². The van der Waals surface area contributed by atoms with E-state index < -0.39 is 9.53 Å². The van der Waals surface area contributed by atoms with E-state index in [0.29, 0.717) is 34.2 Å². The molecule has 1 fully saturated rings. The lowest BCUT2D eigenvalue weighted by Crippen LogP contribution is -2.48. The lowest BCUT2D eigenvalue weighted by Gasteiger charge is -2.40. The molecule has 1 aliphatic rings. The minimum atomic E-state index is -4.17. The molecule has 202 valence electrons. The molecule has 0 radical (unpaired) electrons. The number of hydrogen-bond donors (Lipinski definition) is 3. The van der Waals surface area contributed by atoms with Crippen molar-refractivity contribution >= 4 is 32.2 Å². The number of anilines is 2. The highest BCUT2D eigenvalue weighted by Gasteiger charge is 2.24. The zero-order valence-electron chi connectivity index (χ0n) is 22.4. The molecular formula is C29H33N7O2S. The Balaban J connectivity index is 1.32. The number of aromatic nitrogens is 3. The Morgan fingerprint density at radius 1 is 1.03 bits per heavy atom. The van der Waals surface area contributed by atoms with Crippen LogP contribution in [0, 0.1) is 25.2 Å². The van der Waals surface area contributed by atoms with Crippen molar-refractivity contribution in [3.63, 3.8) is 0 Å². The number of nitrogens with zero attached hydrogens (tertiary/aromatic N) is 5. The molecule has 0 spiro atoms. The molecule has 9 nitrogen and oxygen atoms in total. The second-order valence-corrected chi connectivity index (χ2v) is 13.6. The van der Waals surface area contributed by atoms with Gasteiger partial charge >= 0.3 is 0 Å². The van der Waals surface area contributed by atoms with E-state index in [0.717, 1.165) is 47.4 Å². The number of nitrogens with one attached hydrogen (secondary N) is 2. The molecule has 1 aliphatic heterocycles. The van der Waals surface area contributed by atoms with Crippen LogP contribution in [0.15, 0.2) is 59.5 Å². The van der Waals surface area contributed by atoms with Gasteiger partial charge in [0.25, 0.3) is 0 Å². The largest absolute Gasteiger partial charge is 0.323 e. The molecule has 0 amide bonds. The first-order chi connectivity index (χ1) is 18.6. The van der Waals surface area contributed by atoms with Crippen LogP contribution in [-0.4, -0.2) is 61.3 Å². The minimum absolute atomic E-state index is 0.329. The number of aryl methyl sites for hydroxylation is 2. The molecule has 2 heterocycles. The van der Waals surface area contributed by atoms with E-state index >= 15 is 0 Å². The van der Waals surface area contributed by atoms with Gasteiger partial charge < -0.3 is 10.2 Å². The number of benzene rings is 3. The summed E-state index contributed by atoms with van der Waals surface area (Å²) >= 11 is 0. The predicted octanol–water partition coefficient (Wildman–Crippen LogP) is 4.81. The number of fused-ring (bicyclic) bond motifs is 1. The molecule has 4 aromatic rings. The van der Waals surface area contributed by atoms with E-state index in [1.165, 1.54) is 19.1 Å². The summed E-state index contributed by atoms with van der Waals surface area (Å²) in [6.07, 6.45) is 3.73. The van der Waals surface area contributed by atoms with E-state index in [-0.39, 0.29) is 0 Å². The Labute approximate surface area is 228 Å². The molecule has 10 heteroatoms. The highest BCUT2D eigenvalue weighted by atomic mass is 32.3. The first kappa shape index (κ1) is 26.8. The molecule has 3 aromatic carbocycles. The van der Waals surface area contributed by atoms with E-state index in [1.54, 1.807) is 24.3 Å². The molecule has 0 atom stereocenters. The van der Waals surface area contributed by atoms with Gasteiger partial charge in [-0.25, -0.2) is 9.71 Å². The molecular weight excluding hydrogens is 510 g/mol. The Morgan fingerprint density at radius 3 is 2.49 bits per heavy atom. The molecule has 5 rings (SSSR count). The van der Waals surface area contributed by atoms with Gasteiger partial charge in [0.15, 0.2) is 0 Å². The maximum Gasteiger partial charge on any atom is 0.247 e. The third-order valence-corrected chi connectivity index (χ3v) is 9.43. The Morgan fingerprint density at radius 2 is 1.77 bits per heavy atom. The number of hydrogen-bond acceptors (Lipinski definition) is 7. The summed E-state index contributed by atoms with van der Waals surface area (Å²) in [6.45, 7) is 7.27. The zero-order valence-corrected chi connectivity index (χ0v) is 23.3. The molecule has 0 unspecified atom stereocenters. The van der Waals surface area contributed by atoms with E-state index in [9.17, 15) is 14.0 Å². The lowest BCUT2D eigenvalue weighted by molar-refractivity contribution is 0.342. The average molecular weight is 544 g/mol. The van der Waals surface area contributed by atoms with Crippen LogP contribution in [0.5, 0.6) is 0 Å². The van der Waals surface area contributed by atoms with Crippen molar-refractivity contribution in [1.29, 1.82) is 5.26 Å². The molecule has 39 heavy (non-hydrogen) atoms. The summed E-state index contributed by atoms with van der Waals surface area (Å²) in [5, 5.41) is 21.1. The molecule has 1 saturated heterocycles. The zero-order chi connectivity index (χ0) is 27.6. The van der Waals surface area contributed by atoms with Crippen LogP contribution >= 0.6 is 0 Å². The summed E-state index contributed by atoms with van der Waals surface area (Å²) in [4.78, 5) is 7.30. The van der Waals surface area contributed by atoms with Crippen molar-refractivity contribution in [3.8, 4) is 17.2 Å². The van der Waals surface area contributed by atoms with Crippen LogP contribution in [-0.2, 0) is 9.53 Å². The fraction of sp³-hybridized carbons (Fsp3) is 0.310. The summed E-state index contributed by atoms with van der Waals surface area (Å²) in [6, 6.07) is 18.6. The van der Waals surface area contributed by atoms with Crippen LogP contribution in [0.4, 0.5) is 11.6 Å². The van der Waals surface area contributed by atoms with Gasteiger partial charge in [0.2, 0.25) is 5.95 Å². The van der Waals surface area contributed by atoms with Crippen molar-refractivity contribution in [2.75, 3.05) is 37.8 Å². The Kier molecular flexibility index (Phi) is 7.18. The van der Waals surface area contributed by atoms with E-state index in [2.05, 4.69) is 36.2 Å². The third kappa shape index (κ3) is 5.97. The second kappa shape index (κ2) is 10.4. The fourth-order valence-corrected chi connectivity index (χ4v) is 6.46. The highest BCUT2D eigenvalue weighted by Crippen LogP contribution is 2.30. The van der Waals surface area contributed by atoms with Crippen molar-refractivity contribution in [3.05, 3.63) is 71.3 Å². The molecule has 1 aromatic heterocycles. The van der Waals surface area contributed by atoms with Crippen LogP contribution in [0.2, 0.25) is 0 Å². The predicted molar refractivity (Wildman–Crippen MR) is 155 cm³/mol. The van der Waals surface area contributed by atoms with Crippen molar-refractivity contribution < 1.29 is 8.76 Å². The first-order valence-corrected chi connectivity index (χ1v) is 15.3. The minimum Gasteiger partial charge on any atom is -0.323 e. The maximum atomic E-state index is 13.4. The Bertz CT molecular complexity index is 1630. The molecule has 0 bridgehead atoms. The number of nitriles is 1. The fourth-order valence-electron chi connectivity index (χ4n) is 4.94. The first-order valence-electron chi connectivity index (χ1n) is 13.0. The smallest absolute Gasteiger partial charge is 0.247 e. The molecule has 3 N–H and O–H groups in total. The van der Waals surface area contributed by atoms with Crippen molar-refractivity contribution in [2.45, 2.75) is 31.6 Å².